The first-order chi connectivity index (χ1) is 15.6. The lowest BCUT2D eigenvalue weighted by atomic mass is 10.00. The highest BCUT2D eigenvalue weighted by atomic mass is 32.1. The van der Waals surface area contributed by atoms with E-state index in [0.29, 0.717) is 34.0 Å². The second-order valence-corrected chi connectivity index (χ2v) is 7.17. The van der Waals surface area contributed by atoms with Gasteiger partial charge in [0.2, 0.25) is 5.88 Å². The molecule has 0 fully saturated rings. The SMILES string of the molecule is N#Cc1c(-c2ccc(F)cc2)cc(-c2cc3ccccc3o2)nc1OCc1nc(=S)o[nH]1. The summed E-state index contributed by atoms with van der Waals surface area (Å²) in [4.78, 5) is 8.54. The van der Waals surface area contributed by atoms with Gasteiger partial charge in [-0.05, 0) is 48.1 Å². The Bertz CT molecular complexity index is 1500. The number of nitrogens with zero attached hydrogens (tertiary/aromatic N) is 3. The standard InChI is InChI=1S/C23H13FN4O3S/c24-15-7-5-13(6-8-15)16-10-18(20-9-14-3-1-2-4-19(14)30-20)26-22(17(16)11-25)29-12-21-27-23(32)31-28-21/h1-10H,12H2,(H,27,28,32). The van der Waals surface area contributed by atoms with Crippen LogP contribution in [0.5, 0.6) is 5.88 Å². The van der Waals surface area contributed by atoms with Gasteiger partial charge < -0.3 is 13.7 Å². The zero-order valence-corrected chi connectivity index (χ0v) is 17.1. The fourth-order valence-electron chi connectivity index (χ4n) is 3.28. The number of aromatic amines is 1. The summed E-state index contributed by atoms with van der Waals surface area (Å²) in [5.41, 5.74) is 2.52. The monoisotopic (exact) mass is 444 g/mol. The van der Waals surface area contributed by atoms with Gasteiger partial charge in [-0.2, -0.15) is 10.2 Å². The average Bonchev–Trinajstić information content (AvgIpc) is 3.43. The molecule has 9 heteroatoms. The third kappa shape index (κ3) is 3.75. The fraction of sp³-hybridized carbons (Fsp3) is 0.0435. The second kappa shape index (κ2) is 8.09. The van der Waals surface area contributed by atoms with Crippen LogP contribution in [0.25, 0.3) is 33.6 Å². The topological polar surface area (TPSA) is 101 Å². The lowest BCUT2D eigenvalue weighted by Gasteiger charge is -2.12. The maximum Gasteiger partial charge on any atom is 0.314 e. The fourth-order valence-corrected chi connectivity index (χ4v) is 3.43. The number of rotatable bonds is 5. The molecular weight excluding hydrogens is 431 g/mol. The highest BCUT2D eigenvalue weighted by Gasteiger charge is 2.19. The van der Waals surface area contributed by atoms with Gasteiger partial charge in [0, 0.05) is 10.9 Å². The summed E-state index contributed by atoms with van der Waals surface area (Å²) in [6, 6.07) is 19.1. The molecule has 0 radical (unpaired) electrons. The molecule has 0 amide bonds. The average molecular weight is 444 g/mol. The number of H-pyrrole nitrogens is 1. The number of hydrogen-bond acceptors (Lipinski definition) is 7. The lowest BCUT2D eigenvalue weighted by molar-refractivity contribution is 0.275. The molecule has 0 spiro atoms. The number of nitrogens with one attached hydrogen (secondary N) is 1. The van der Waals surface area contributed by atoms with Crippen LogP contribution in [-0.2, 0) is 6.61 Å². The molecule has 32 heavy (non-hydrogen) atoms. The van der Waals surface area contributed by atoms with E-state index in [9.17, 15) is 9.65 Å². The number of aromatic nitrogens is 3. The molecule has 3 aromatic heterocycles. The van der Waals surface area contributed by atoms with Crippen LogP contribution in [0.3, 0.4) is 0 Å². The van der Waals surface area contributed by atoms with Crippen molar-refractivity contribution < 1.29 is 18.1 Å². The molecule has 7 nitrogen and oxygen atoms in total. The van der Waals surface area contributed by atoms with Crippen molar-refractivity contribution in [2.24, 2.45) is 0 Å². The van der Waals surface area contributed by atoms with Gasteiger partial charge in [0.15, 0.2) is 18.2 Å². The second-order valence-electron chi connectivity index (χ2n) is 6.82. The summed E-state index contributed by atoms with van der Waals surface area (Å²) in [5.74, 6) is 0.548. The maximum atomic E-state index is 13.5. The Balaban J connectivity index is 1.65. The first-order valence-electron chi connectivity index (χ1n) is 9.48. The molecule has 156 valence electrons. The van der Waals surface area contributed by atoms with Gasteiger partial charge in [-0.15, -0.1) is 0 Å². The zero-order valence-electron chi connectivity index (χ0n) is 16.3. The van der Waals surface area contributed by atoms with Crippen LogP contribution in [0.2, 0.25) is 0 Å². The largest absolute Gasteiger partial charge is 0.468 e. The third-order valence-electron chi connectivity index (χ3n) is 4.76. The number of hydrogen-bond donors (Lipinski definition) is 1. The minimum atomic E-state index is -0.378. The van der Waals surface area contributed by atoms with Crippen LogP contribution in [0, 0.1) is 22.0 Å². The van der Waals surface area contributed by atoms with Crippen LogP contribution < -0.4 is 4.74 Å². The highest BCUT2D eigenvalue weighted by molar-refractivity contribution is 7.71. The predicted octanol–water partition coefficient (Wildman–Crippen LogP) is 5.80. The lowest BCUT2D eigenvalue weighted by Crippen LogP contribution is -2.03. The van der Waals surface area contributed by atoms with E-state index in [2.05, 4.69) is 21.2 Å². The van der Waals surface area contributed by atoms with E-state index in [1.165, 1.54) is 12.1 Å². The number of nitriles is 1. The van der Waals surface area contributed by atoms with Crippen LogP contribution in [0.1, 0.15) is 11.4 Å². The van der Waals surface area contributed by atoms with Gasteiger partial charge in [-0.1, -0.05) is 30.3 Å². The van der Waals surface area contributed by atoms with Crippen LogP contribution in [0.4, 0.5) is 4.39 Å². The molecule has 3 heterocycles. The van der Waals surface area contributed by atoms with Crippen molar-refractivity contribution in [3.63, 3.8) is 0 Å². The van der Waals surface area contributed by atoms with Crippen molar-refractivity contribution in [3.8, 4) is 34.5 Å². The molecule has 0 bridgehead atoms. The van der Waals surface area contributed by atoms with E-state index in [1.54, 1.807) is 18.2 Å². The van der Waals surface area contributed by atoms with E-state index < -0.39 is 0 Å². The molecule has 2 aromatic carbocycles. The Labute approximate surface area is 185 Å². The molecular formula is C23H13FN4O3S. The van der Waals surface area contributed by atoms with Gasteiger partial charge in [-0.3, -0.25) is 0 Å². The van der Waals surface area contributed by atoms with Crippen molar-refractivity contribution in [3.05, 3.63) is 82.7 Å². The Morgan fingerprint density at radius 1 is 1.09 bits per heavy atom. The summed E-state index contributed by atoms with van der Waals surface area (Å²) in [6.45, 7) is -0.0474. The van der Waals surface area contributed by atoms with Crippen molar-refractivity contribution >= 4 is 23.2 Å². The van der Waals surface area contributed by atoms with E-state index in [-0.39, 0.29) is 28.7 Å². The van der Waals surface area contributed by atoms with E-state index in [1.807, 2.05) is 30.3 Å². The summed E-state index contributed by atoms with van der Waals surface area (Å²) in [7, 11) is 0. The van der Waals surface area contributed by atoms with Crippen LogP contribution >= 0.6 is 12.2 Å². The zero-order chi connectivity index (χ0) is 22.1. The maximum absolute atomic E-state index is 13.5. The van der Waals surface area contributed by atoms with E-state index >= 15 is 0 Å². The quantitative estimate of drug-likeness (QED) is 0.342. The summed E-state index contributed by atoms with van der Waals surface area (Å²) in [6.07, 6.45) is 0. The molecule has 0 saturated carbocycles. The van der Waals surface area contributed by atoms with Crippen molar-refractivity contribution in [1.82, 2.24) is 15.1 Å². The van der Waals surface area contributed by atoms with E-state index in [0.717, 1.165) is 5.39 Å². The number of benzene rings is 2. The molecule has 0 atom stereocenters. The van der Waals surface area contributed by atoms with Gasteiger partial charge in [0.05, 0.1) is 0 Å². The molecule has 0 aliphatic rings. The first kappa shape index (κ1) is 19.7. The Morgan fingerprint density at radius 3 is 2.62 bits per heavy atom. The molecule has 5 rings (SSSR count). The molecule has 0 aliphatic carbocycles. The number of ether oxygens (including phenoxy) is 1. The Kier molecular flexibility index (Phi) is 4.97. The summed E-state index contributed by atoms with van der Waals surface area (Å²) in [5, 5.41) is 13.3. The minimum Gasteiger partial charge on any atom is -0.468 e. The Morgan fingerprint density at radius 2 is 1.91 bits per heavy atom. The normalized spacial score (nSPS) is 10.9. The van der Waals surface area contributed by atoms with Gasteiger partial charge in [-0.25, -0.2) is 14.5 Å². The number of para-hydroxylation sites is 1. The van der Waals surface area contributed by atoms with Gasteiger partial charge in [0.1, 0.15) is 28.7 Å². The minimum absolute atomic E-state index is 0.0418. The summed E-state index contributed by atoms with van der Waals surface area (Å²) >= 11 is 4.85. The van der Waals surface area contributed by atoms with Crippen LogP contribution in [-0.4, -0.2) is 15.1 Å². The highest BCUT2D eigenvalue weighted by Crippen LogP contribution is 2.35. The number of fused-ring (bicyclic) bond motifs is 1. The smallest absolute Gasteiger partial charge is 0.314 e. The molecule has 5 aromatic rings. The van der Waals surface area contributed by atoms with Gasteiger partial charge in [0.25, 0.3) is 0 Å². The predicted molar refractivity (Wildman–Crippen MR) is 116 cm³/mol. The molecule has 0 saturated heterocycles. The first-order valence-corrected chi connectivity index (χ1v) is 9.89. The number of furan rings is 1. The number of pyridine rings is 1. The molecule has 0 unspecified atom stereocenters. The van der Waals surface area contributed by atoms with Crippen molar-refractivity contribution in [2.75, 3.05) is 0 Å². The summed E-state index contributed by atoms with van der Waals surface area (Å²) < 4.78 is 30.1. The molecule has 1 N–H and O–H groups in total. The van der Waals surface area contributed by atoms with Gasteiger partial charge >= 0.3 is 4.84 Å². The van der Waals surface area contributed by atoms with E-state index in [4.69, 9.17) is 25.9 Å². The third-order valence-corrected chi connectivity index (χ3v) is 4.93. The molecule has 0 aliphatic heterocycles. The van der Waals surface area contributed by atoms with Crippen molar-refractivity contribution in [1.29, 1.82) is 5.26 Å². The van der Waals surface area contributed by atoms with Crippen LogP contribution in [0.15, 0.2) is 69.6 Å². The number of halogens is 1. The van der Waals surface area contributed by atoms with Crippen molar-refractivity contribution in [2.45, 2.75) is 6.61 Å². The Hall–Kier alpha value is -4.29.